The first kappa shape index (κ1) is 38.9. The topological polar surface area (TPSA) is 46.5 Å². The van der Waals surface area contributed by atoms with Crippen molar-refractivity contribution in [2.75, 3.05) is 0 Å². The van der Waals surface area contributed by atoms with Crippen LogP contribution in [0.25, 0.3) is 111 Å². The van der Waals surface area contributed by atoms with Gasteiger partial charge in [-0.1, -0.05) is 181 Å². The van der Waals surface area contributed by atoms with Gasteiger partial charge >= 0.3 is 0 Å². The Morgan fingerprint density at radius 2 is 0.742 bits per heavy atom. The average Bonchev–Trinajstić information content (AvgIpc) is 3.89. The van der Waals surface area contributed by atoms with Crippen molar-refractivity contribution < 1.29 is 0 Å². The number of nitriles is 1. The molecule has 0 spiro atoms. The van der Waals surface area contributed by atoms with Crippen LogP contribution in [-0.2, 0) is 0 Å². The molecule has 66 heavy (non-hydrogen) atoms. The summed E-state index contributed by atoms with van der Waals surface area (Å²) >= 11 is 0. The first-order valence-electron chi connectivity index (χ1n) is 22.4. The van der Waals surface area contributed by atoms with Gasteiger partial charge in [-0.15, -0.1) is 0 Å². The Morgan fingerprint density at radius 1 is 0.348 bits per heavy atom. The minimum absolute atomic E-state index is 0.561. The predicted molar refractivity (Wildman–Crippen MR) is 274 cm³/mol. The van der Waals surface area contributed by atoms with E-state index in [2.05, 4.69) is 235 Å². The van der Waals surface area contributed by atoms with Crippen molar-refractivity contribution in [1.29, 1.82) is 5.26 Å². The maximum absolute atomic E-state index is 11.1. The molecular weight excluding hydrogens is 801 g/mol. The quantitative estimate of drug-likeness (QED) is 0.160. The Bertz CT molecular complexity index is 3630. The number of aromatic nitrogens is 3. The number of pyridine rings is 1. The molecule has 9 aromatic carbocycles. The maximum atomic E-state index is 11.1. The third kappa shape index (κ3) is 6.57. The Balaban J connectivity index is 1.25. The van der Waals surface area contributed by atoms with Gasteiger partial charge in [-0.25, -0.2) is 4.98 Å². The number of aryl methyl sites for hydroxylation is 2. The average molecular weight is 843 g/mol. The molecule has 0 radical (unpaired) electrons. The van der Waals surface area contributed by atoms with Crippen LogP contribution in [0.5, 0.6) is 0 Å². The number of hydrogen-bond acceptors (Lipinski definition) is 2. The van der Waals surface area contributed by atoms with Gasteiger partial charge in [-0.05, 0) is 90.2 Å². The Hall–Kier alpha value is -8.78. The van der Waals surface area contributed by atoms with Gasteiger partial charge in [0.2, 0.25) is 0 Å². The largest absolute Gasteiger partial charge is 0.308 e. The molecular formula is C62H42N4. The highest BCUT2D eigenvalue weighted by atomic mass is 15.0. The molecule has 0 atom stereocenters. The van der Waals surface area contributed by atoms with E-state index in [1.807, 2.05) is 12.1 Å². The Labute approximate surface area is 383 Å². The highest BCUT2D eigenvalue weighted by Crippen LogP contribution is 2.45. The van der Waals surface area contributed by atoms with Crippen LogP contribution in [0, 0.1) is 25.2 Å². The number of para-hydroxylation sites is 2. The van der Waals surface area contributed by atoms with E-state index in [4.69, 9.17) is 4.98 Å². The molecule has 0 aliphatic rings. The molecule has 12 rings (SSSR count). The molecule has 0 unspecified atom stereocenters. The van der Waals surface area contributed by atoms with Gasteiger partial charge in [0.15, 0.2) is 0 Å². The van der Waals surface area contributed by atoms with Crippen molar-refractivity contribution >= 4 is 43.6 Å². The van der Waals surface area contributed by atoms with E-state index in [9.17, 15) is 5.26 Å². The van der Waals surface area contributed by atoms with Crippen LogP contribution in [0.3, 0.4) is 0 Å². The summed E-state index contributed by atoms with van der Waals surface area (Å²) in [7, 11) is 0. The fraction of sp³-hybridized carbons (Fsp3) is 0.0323. The van der Waals surface area contributed by atoms with Gasteiger partial charge in [0.25, 0.3) is 0 Å². The van der Waals surface area contributed by atoms with E-state index in [-0.39, 0.29) is 0 Å². The molecule has 0 aliphatic carbocycles. The zero-order chi connectivity index (χ0) is 44.3. The molecule has 0 fully saturated rings. The number of benzene rings is 9. The molecule has 310 valence electrons. The lowest BCUT2D eigenvalue weighted by Gasteiger charge is -2.22. The van der Waals surface area contributed by atoms with Crippen LogP contribution in [0.15, 0.2) is 218 Å². The molecule has 0 aliphatic heterocycles. The lowest BCUT2D eigenvalue weighted by molar-refractivity contribution is 1.13. The van der Waals surface area contributed by atoms with Crippen LogP contribution < -0.4 is 0 Å². The van der Waals surface area contributed by atoms with Gasteiger partial charge < -0.3 is 9.13 Å². The third-order valence-electron chi connectivity index (χ3n) is 13.1. The maximum Gasteiger partial charge on any atom is 0.0993 e. The minimum Gasteiger partial charge on any atom is -0.308 e. The summed E-state index contributed by atoms with van der Waals surface area (Å²) < 4.78 is 4.77. The van der Waals surface area contributed by atoms with Crippen molar-refractivity contribution in [3.63, 3.8) is 0 Å². The van der Waals surface area contributed by atoms with Gasteiger partial charge in [0, 0.05) is 38.2 Å². The van der Waals surface area contributed by atoms with Crippen molar-refractivity contribution in [2.45, 2.75) is 13.8 Å². The molecule has 0 N–H and O–H groups in total. The Kier molecular flexibility index (Phi) is 9.29. The summed E-state index contributed by atoms with van der Waals surface area (Å²) in [5, 5.41) is 15.7. The van der Waals surface area contributed by atoms with Crippen LogP contribution in [-0.4, -0.2) is 14.1 Å². The summed E-state index contributed by atoms with van der Waals surface area (Å²) in [4.78, 5) is 5.35. The molecule has 0 saturated carbocycles. The molecule has 4 heteroatoms. The molecule has 3 heterocycles. The molecule has 0 amide bonds. The number of rotatable bonds is 7. The van der Waals surface area contributed by atoms with Crippen molar-refractivity contribution in [3.05, 3.63) is 235 Å². The summed E-state index contributed by atoms with van der Waals surface area (Å²) in [6.07, 6.45) is 0. The number of hydrogen-bond donors (Lipinski definition) is 0. The second-order valence-corrected chi connectivity index (χ2v) is 17.3. The van der Waals surface area contributed by atoms with Crippen molar-refractivity contribution in [1.82, 2.24) is 14.1 Å². The molecule has 3 aromatic heterocycles. The standard InChI is InChI=1S/C62H42N4/c1-40-21-25-43(26-22-40)47-29-31-52-50-17-9-11-19-56(50)65(58(52)37-47)60-33-42(39-63)34-61(62(60)49-35-54(45-13-5-3-6-14-45)64-55(36-49)46-15-7-4-8-16-46)66-57-20-12-10-18-51(57)53-32-30-48(38-59(53)66)44-27-23-41(2)24-28-44/h3-38H,1-2H3. The number of fused-ring (bicyclic) bond motifs is 6. The first-order valence-corrected chi connectivity index (χ1v) is 22.4. The second-order valence-electron chi connectivity index (χ2n) is 17.3. The van der Waals surface area contributed by atoms with Gasteiger partial charge in [-0.2, -0.15) is 5.26 Å². The first-order chi connectivity index (χ1) is 32.5. The van der Waals surface area contributed by atoms with E-state index in [0.717, 1.165) is 111 Å². The van der Waals surface area contributed by atoms with E-state index in [1.165, 1.54) is 11.1 Å². The zero-order valence-corrected chi connectivity index (χ0v) is 36.6. The highest BCUT2D eigenvalue weighted by Gasteiger charge is 2.25. The van der Waals surface area contributed by atoms with Crippen LogP contribution in [0.1, 0.15) is 16.7 Å². The van der Waals surface area contributed by atoms with Crippen molar-refractivity contribution in [2.24, 2.45) is 0 Å². The lowest BCUT2D eigenvalue weighted by atomic mass is 9.95. The van der Waals surface area contributed by atoms with E-state index < -0.39 is 0 Å². The molecule has 4 nitrogen and oxygen atoms in total. The van der Waals surface area contributed by atoms with Crippen LogP contribution >= 0.6 is 0 Å². The normalized spacial score (nSPS) is 11.5. The van der Waals surface area contributed by atoms with E-state index in [1.54, 1.807) is 0 Å². The van der Waals surface area contributed by atoms with Crippen molar-refractivity contribution in [3.8, 4) is 73.3 Å². The minimum atomic E-state index is 0.561. The predicted octanol–water partition coefficient (Wildman–Crippen LogP) is 16.1. The summed E-state index contributed by atoms with van der Waals surface area (Å²) in [6, 6.07) is 80.5. The molecule has 0 saturated heterocycles. The monoisotopic (exact) mass is 842 g/mol. The van der Waals surface area contributed by atoms with E-state index >= 15 is 0 Å². The third-order valence-corrected chi connectivity index (χ3v) is 13.1. The van der Waals surface area contributed by atoms with Gasteiger partial charge in [-0.3, -0.25) is 0 Å². The summed E-state index contributed by atoms with van der Waals surface area (Å²) in [5.74, 6) is 0. The van der Waals surface area contributed by atoms with Crippen LogP contribution in [0.2, 0.25) is 0 Å². The molecule has 0 bridgehead atoms. The summed E-state index contributed by atoms with van der Waals surface area (Å²) in [5.41, 5.74) is 19.3. The molecule has 12 aromatic rings. The lowest BCUT2D eigenvalue weighted by Crippen LogP contribution is -2.06. The summed E-state index contributed by atoms with van der Waals surface area (Å²) in [6.45, 7) is 4.25. The smallest absolute Gasteiger partial charge is 0.0993 e. The fourth-order valence-electron chi connectivity index (χ4n) is 9.82. The van der Waals surface area contributed by atoms with Crippen LogP contribution in [0.4, 0.5) is 0 Å². The van der Waals surface area contributed by atoms with E-state index in [0.29, 0.717) is 5.56 Å². The Morgan fingerprint density at radius 3 is 1.18 bits per heavy atom. The fourth-order valence-corrected chi connectivity index (χ4v) is 9.82. The zero-order valence-electron chi connectivity index (χ0n) is 36.6. The SMILES string of the molecule is Cc1ccc(-c2ccc3c4ccccc4n(-c4cc(C#N)cc(-n5c6ccccc6c6ccc(-c7ccc(C)cc7)cc65)c4-c4cc(-c5ccccc5)nc(-c5ccccc5)c4)c3c2)cc1. The second kappa shape index (κ2) is 15.8. The number of nitrogens with zero attached hydrogens (tertiary/aromatic N) is 4. The van der Waals surface area contributed by atoms with Gasteiger partial charge in [0.1, 0.15) is 0 Å². The van der Waals surface area contributed by atoms with Gasteiger partial charge in [0.05, 0.1) is 56.5 Å². The highest BCUT2D eigenvalue weighted by molar-refractivity contribution is 6.13.